The van der Waals surface area contributed by atoms with Crippen molar-refractivity contribution >= 4 is 11.9 Å². The quantitative estimate of drug-likeness (QED) is 0.906. The topological polar surface area (TPSA) is 52.7 Å². The summed E-state index contributed by atoms with van der Waals surface area (Å²) >= 11 is 0. The Morgan fingerprint density at radius 1 is 1.17 bits per heavy atom. The molecule has 0 spiro atoms. The van der Waals surface area contributed by atoms with Crippen LogP contribution >= 0.6 is 0 Å². The van der Waals surface area contributed by atoms with Crippen LogP contribution in [-0.2, 0) is 4.79 Å². The lowest BCUT2D eigenvalue weighted by atomic mass is 10.1. The number of nitrogens with zero attached hydrogens (tertiary/aromatic N) is 2. The molecule has 1 heterocycles. The molecule has 124 valence electrons. The van der Waals surface area contributed by atoms with E-state index in [-0.39, 0.29) is 29.7 Å². The van der Waals surface area contributed by atoms with Crippen molar-refractivity contribution < 1.29 is 14.0 Å². The third-order valence-electron chi connectivity index (χ3n) is 4.60. The molecule has 0 radical (unpaired) electrons. The Morgan fingerprint density at radius 3 is 2.65 bits per heavy atom. The van der Waals surface area contributed by atoms with Crippen molar-refractivity contribution in [2.75, 3.05) is 26.2 Å². The van der Waals surface area contributed by atoms with E-state index in [1.165, 1.54) is 12.1 Å². The van der Waals surface area contributed by atoms with Gasteiger partial charge < -0.3 is 15.1 Å². The van der Waals surface area contributed by atoms with E-state index in [1.54, 1.807) is 22.8 Å². The first-order valence-corrected chi connectivity index (χ1v) is 8.11. The van der Waals surface area contributed by atoms with Gasteiger partial charge >= 0.3 is 6.03 Å². The molecule has 1 saturated carbocycles. The predicted octanol–water partition coefficient (Wildman–Crippen LogP) is 1.95. The molecule has 1 aromatic rings. The Labute approximate surface area is 135 Å². The Balaban J connectivity index is 1.51. The van der Waals surface area contributed by atoms with Gasteiger partial charge in [0.1, 0.15) is 5.82 Å². The Bertz CT molecular complexity index is 607. The molecule has 1 saturated heterocycles. The van der Waals surface area contributed by atoms with E-state index in [0.717, 1.165) is 18.4 Å². The third-order valence-corrected chi connectivity index (χ3v) is 4.60. The van der Waals surface area contributed by atoms with E-state index >= 15 is 0 Å². The molecule has 1 aliphatic carbocycles. The molecule has 5 nitrogen and oxygen atoms in total. The maximum Gasteiger partial charge on any atom is 0.317 e. The number of amides is 3. The SMILES string of the molecule is CC(=O)N1CCCN(C(=O)N[C@@H]2C[C@@H]2c2cccc(F)c2)CC1. The van der Waals surface area contributed by atoms with E-state index < -0.39 is 0 Å². The van der Waals surface area contributed by atoms with Gasteiger partial charge in [0.15, 0.2) is 0 Å². The lowest BCUT2D eigenvalue weighted by Crippen LogP contribution is -2.43. The first kappa shape index (κ1) is 15.8. The fourth-order valence-corrected chi connectivity index (χ4v) is 3.15. The van der Waals surface area contributed by atoms with E-state index in [0.29, 0.717) is 26.2 Å². The fraction of sp³-hybridized carbons (Fsp3) is 0.529. The molecule has 1 N–H and O–H groups in total. The highest BCUT2D eigenvalue weighted by Crippen LogP contribution is 2.40. The van der Waals surface area contributed by atoms with Gasteiger partial charge in [-0.05, 0) is 30.5 Å². The highest BCUT2D eigenvalue weighted by Gasteiger charge is 2.40. The molecular formula is C17H22FN3O2. The molecule has 0 bridgehead atoms. The predicted molar refractivity (Wildman–Crippen MR) is 84.5 cm³/mol. The number of carbonyl (C=O) groups excluding carboxylic acids is 2. The standard InChI is InChI=1S/C17H22FN3O2/c1-12(22)20-6-3-7-21(9-8-20)17(23)19-16-11-15(16)13-4-2-5-14(18)10-13/h2,4-5,10,15-16H,3,6-9,11H2,1H3,(H,19,23)/t15-,16-/m1/s1. The molecule has 3 rings (SSSR count). The van der Waals surface area contributed by atoms with Gasteiger partial charge in [-0.25, -0.2) is 9.18 Å². The maximum atomic E-state index is 13.3. The molecule has 2 aliphatic rings. The van der Waals surface area contributed by atoms with Crippen LogP contribution in [0.25, 0.3) is 0 Å². The number of rotatable bonds is 2. The molecule has 6 heteroatoms. The summed E-state index contributed by atoms with van der Waals surface area (Å²) in [4.78, 5) is 27.3. The van der Waals surface area contributed by atoms with Crippen molar-refractivity contribution in [3.63, 3.8) is 0 Å². The Kier molecular flexibility index (Phi) is 4.50. The van der Waals surface area contributed by atoms with Gasteiger partial charge in [-0.15, -0.1) is 0 Å². The normalized spacial score (nSPS) is 24.1. The van der Waals surface area contributed by atoms with E-state index in [9.17, 15) is 14.0 Å². The number of hydrogen-bond acceptors (Lipinski definition) is 2. The first-order valence-electron chi connectivity index (χ1n) is 8.11. The van der Waals surface area contributed by atoms with Crippen LogP contribution in [0.3, 0.4) is 0 Å². The minimum absolute atomic E-state index is 0.0561. The van der Waals surface area contributed by atoms with Gasteiger partial charge in [-0.1, -0.05) is 12.1 Å². The van der Waals surface area contributed by atoms with Crippen LogP contribution in [0.15, 0.2) is 24.3 Å². The van der Waals surface area contributed by atoms with Gasteiger partial charge in [0.25, 0.3) is 0 Å². The summed E-state index contributed by atoms with van der Waals surface area (Å²) in [5.41, 5.74) is 0.939. The minimum atomic E-state index is -0.240. The monoisotopic (exact) mass is 319 g/mol. The summed E-state index contributed by atoms with van der Waals surface area (Å²) in [6.45, 7) is 4.06. The maximum absolute atomic E-state index is 13.3. The number of hydrogen-bond donors (Lipinski definition) is 1. The van der Waals surface area contributed by atoms with Crippen molar-refractivity contribution in [1.82, 2.24) is 15.1 Å². The molecule has 0 aromatic heterocycles. The van der Waals surface area contributed by atoms with Crippen LogP contribution in [0.4, 0.5) is 9.18 Å². The Hall–Kier alpha value is -2.11. The van der Waals surface area contributed by atoms with Gasteiger partial charge in [0, 0.05) is 45.1 Å². The summed E-state index contributed by atoms with van der Waals surface area (Å²) in [5.74, 6) is 0.0206. The summed E-state index contributed by atoms with van der Waals surface area (Å²) in [6.07, 6.45) is 1.65. The van der Waals surface area contributed by atoms with Crippen LogP contribution < -0.4 is 5.32 Å². The summed E-state index contributed by atoms with van der Waals surface area (Å²) in [7, 11) is 0. The zero-order valence-corrected chi connectivity index (χ0v) is 13.3. The van der Waals surface area contributed by atoms with E-state index in [1.807, 2.05) is 6.07 Å². The zero-order chi connectivity index (χ0) is 16.4. The van der Waals surface area contributed by atoms with E-state index in [2.05, 4.69) is 5.32 Å². The van der Waals surface area contributed by atoms with Gasteiger partial charge in [0.2, 0.25) is 5.91 Å². The van der Waals surface area contributed by atoms with E-state index in [4.69, 9.17) is 0 Å². The molecular weight excluding hydrogens is 297 g/mol. The number of halogens is 1. The average molecular weight is 319 g/mol. The Morgan fingerprint density at radius 2 is 1.91 bits per heavy atom. The molecule has 23 heavy (non-hydrogen) atoms. The van der Waals surface area contributed by atoms with Crippen LogP contribution in [-0.4, -0.2) is 54.0 Å². The minimum Gasteiger partial charge on any atom is -0.341 e. The number of nitrogens with one attached hydrogen (secondary N) is 1. The van der Waals surface area contributed by atoms with Gasteiger partial charge in [-0.3, -0.25) is 4.79 Å². The number of benzene rings is 1. The summed E-state index contributed by atoms with van der Waals surface area (Å²) in [5, 5.41) is 3.02. The second-order valence-electron chi connectivity index (χ2n) is 6.30. The van der Waals surface area contributed by atoms with Crippen LogP contribution in [0.1, 0.15) is 31.2 Å². The smallest absolute Gasteiger partial charge is 0.317 e. The number of urea groups is 1. The first-order chi connectivity index (χ1) is 11.0. The average Bonchev–Trinajstić information content (AvgIpc) is 3.29. The highest BCUT2D eigenvalue weighted by molar-refractivity contribution is 5.76. The van der Waals surface area contributed by atoms with Crippen molar-refractivity contribution in [3.8, 4) is 0 Å². The molecule has 2 atom stereocenters. The second kappa shape index (κ2) is 6.56. The lowest BCUT2D eigenvalue weighted by Gasteiger charge is -2.22. The van der Waals surface area contributed by atoms with Crippen molar-refractivity contribution in [2.45, 2.75) is 31.7 Å². The summed E-state index contributed by atoms with van der Waals surface area (Å²) < 4.78 is 13.3. The number of carbonyl (C=O) groups is 2. The molecule has 0 unspecified atom stereocenters. The molecule has 1 aromatic carbocycles. The van der Waals surface area contributed by atoms with Crippen molar-refractivity contribution in [2.24, 2.45) is 0 Å². The largest absolute Gasteiger partial charge is 0.341 e. The van der Waals surface area contributed by atoms with Crippen LogP contribution in [0.5, 0.6) is 0 Å². The van der Waals surface area contributed by atoms with Crippen molar-refractivity contribution in [3.05, 3.63) is 35.6 Å². The van der Waals surface area contributed by atoms with Gasteiger partial charge in [0.05, 0.1) is 0 Å². The second-order valence-corrected chi connectivity index (χ2v) is 6.30. The lowest BCUT2D eigenvalue weighted by molar-refractivity contribution is -0.128. The molecule has 2 fully saturated rings. The van der Waals surface area contributed by atoms with Crippen LogP contribution in [0, 0.1) is 5.82 Å². The molecule has 3 amide bonds. The molecule has 1 aliphatic heterocycles. The third kappa shape index (κ3) is 3.81. The van der Waals surface area contributed by atoms with Crippen LogP contribution in [0.2, 0.25) is 0 Å². The summed E-state index contributed by atoms with van der Waals surface area (Å²) in [6, 6.07) is 6.56. The fourth-order valence-electron chi connectivity index (χ4n) is 3.15. The highest BCUT2D eigenvalue weighted by atomic mass is 19.1. The zero-order valence-electron chi connectivity index (χ0n) is 13.3. The van der Waals surface area contributed by atoms with Gasteiger partial charge in [-0.2, -0.15) is 0 Å². The van der Waals surface area contributed by atoms with Crippen molar-refractivity contribution in [1.29, 1.82) is 0 Å².